The van der Waals surface area contributed by atoms with Crippen molar-refractivity contribution in [2.24, 2.45) is 5.73 Å². The summed E-state index contributed by atoms with van der Waals surface area (Å²) in [5, 5.41) is 5.57. The number of amides is 1. The number of nitrogens with two attached hydrogens (primary N) is 1. The largest absolute Gasteiger partial charge is 0.497 e. The first-order valence-corrected chi connectivity index (χ1v) is 8.02. The molecule has 1 amide bonds. The minimum absolute atomic E-state index is 0.446. The Balaban J connectivity index is 2.01. The Bertz CT molecular complexity index is 946. The summed E-state index contributed by atoms with van der Waals surface area (Å²) in [4.78, 5) is 16.5. The summed E-state index contributed by atoms with van der Waals surface area (Å²) >= 11 is 0. The third-order valence-electron chi connectivity index (χ3n) is 4.54. The zero-order valence-electron chi connectivity index (χ0n) is 13.5. The lowest BCUT2D eigenvalue weighted by Crippen LogP contribution is -2.19. The molecule has 0 spiro atoms. The summed E-state index contributed by atoms with van der Waals surface area (Å²) in [5.74, 6) is 0.285. The van der Waals surface area contributed by atoms with Gasteiger partial charge in [0.1, 0.15) is 11.4 Å². The van der Waals surface area contributed by atoms with Crippen molar-refractivity contribution in [3.63, 3.8) is 0 Å². The Morgan fingerprint density at radius 2 is 2.08 bits per heavy atom. The van der Waals surface area contributed by atoms with Crippen molar-refractivity contribution < 1.29 is 9.53 Å². The van der Waals surface area contributed by atoms with E-state index in [0.29, 0.717) is 5.69 Å². The molecule has 4 rings (SSSR count). The van der Waals surface area contributed by atoms with Crippen LogP contribution in [0.15, 0.2) is 30.5 Å². The molecule has 1 aliphatic carbocycles. The van der Waals surface area contributed by atoms with E-state index in [1.807, 2.05) is 24.3 Å². The van der Waals surface area contributed by atoms with Crippen LogP contribution in [0, 0.1) is 0 Å². The van der Waals surface area contributed by atoms with Crippen LogP contribution in [0.5, 0.6) is 5.75 Å². The van der Waals surface area contributed by atoms with Gasteiger partial charge in [-0.2, -0.15) is 5.10 Å². The maximum atomic E-state index is 12.1. The van der Waals surface area contributed by atoms with Crippen LogP contribution >= 0.6 is 0 Å². The normalized spacial score (nSPS) is 13.7. The van der Waals surface area contributed by atoms with Gasteiger partial charge in [-0.25, -0.2) is 4.68 Å². The lowest BCUT2D eigenvalue weighted by Gasteiger charge is -2.11. The highest BCUT2D eigenvalue weighted by molar-refractivity contribution is 5.95. The van der Waals surface area contributed by atoms with E-state index < -0.39 is 5.91 Å². The zero-order valence-corrected chi connectivity index (χ0v) is 13.5. The van der Waals surface area contributed by atoms with Crippen molar-refractivity contribution in [1.29, 1.82) is 0 Å². The second kappa shape index (κ2) is 5.63. The molecule has 6 heteroatoms. The topological polar surface area (TPSA) is 83.0 Å². The molecule has 1 aliphatic rings. The smallest absolute Gasteiger partial charge is 0.267 e. The molecule has 0 radical (unpaired) electrons. The number of hydrogen-bond acceptors (Lipinski definition) is 4. The lowest BCUT2D eigenvalue weighted by molar-refractivity contribution is 0.0992. The summed E-state index contributed by atoms with van der Waals surface area (Å²) in [7, 11) is 1.62. The van der Waals surface area contributed by atoms with Crippen LogP contribution < -0.4 is 10.5 Å². The van der Waals surface area contributed by atoms with Crippen molar-refractivity contribution in [3.05, 3.63) is 47.4 Å². The third-order valence-corrected chi connectivity index (χ3v) is 4.54. The molecule has 1 aromatic carbocycles. The molecular formula is C18H18N4O2. The van der Waals surface area contributed by atoms with Gasteiger partial charge >= 0.3 is 0 Å². The van der Waals surface area contributed by atoms with Crippen molar-refractivity contribution in [2.75, 3.05) is 7.11 Å². The molecule has 0 unspecified atom stereocenters. The van der Waals surface area contributed by atoms with Crippen molar-refractivity contribution in [1.82, 2.24) is 14.8 Å². The first kappa shape index (κ1) is 14.7. The summed E-state index contributed by atoms with van der Waals surface area (Å²) in [6.07, 6.45) is 5.60. The number of aromatic nitrogens is 3. The van der Waals surface area contributed by atoms with Crippen LogP contribution in [-0.4, -0.2) is 27.8 Å². The molecule has 2 heterocycles. The van der Waals surface area contributed by atoms with Gasteiger partial charge in [0.05, 0.1) is 24.0 Å². The number of methoxy groups -OCH3 is 1. The van der Waals surface area contributed by atoms with Crippen molar-refractivity contribution >= 4 is 16.8 Å². The predicted octanol–water partition coefficient (Wildman–Crippen LogP) is 2.41. The number of nitrogens with zero attached hydrogens (tertiary/aromatic N) is 3. The summed E-state index contributed by atoms with van der Waals surface area (Å²) in [5.41, 5.74) is 9.74. The fraction of sp³-hybridized carbons (Fsp3) is 0.278. The van der Waals surface area contributed by atoms with Crippen LogP contribution in [0.1, 0.15) is 34.6 Å². The van der Waals surface area contributed by atoms with E-state index in [0.717, 1.165) is 59.3 Å². The average molecular weight is 322 g/mol. The third kappa shape index (κ3) is 2.22. The summed E-state index contributed by atoms with van der Waals surface area (Å²) in [6, 6.07) is 7.52. The van der Waals surface area contributed by atoms with Gasteiger partial charge in [-0.15, -0.1) is 0 Å². The van der Waals surface area contributed by atoms with Gasteiger partial charge in [-0.05, 0) is 49.9 Å². The van der Waals surface area contributed by atoms with Crippen molar-refractivity contribution in [3.8, 4) is 11.4 Å². The van der Waals surface area contributed by atoms with E-state index in [4.69, 9.17) is 15.6 Å². The van der Waals surface area contributed by atoms with Crippen LogP contribution in [0.3, 0.4) is 0 Å². The Morgan fingerprint density at radius 1 is 1.25 bits per heavy atom. The fourth-order valence-corrected chi connectivity index (χ4v) is 3.40. The van der Waals surface area contributed by atoms with E-state index >= 15 is 0 Å². The number of fused-ring (bicyclic) bond motifs is 2. The number of benzene rings is 1. The average Bonchev–Trinajstić information content (AvgIpc) is 3.00. The van der Waals surface area contributed by atoms with Gasteiger partial charge in [0.25, 0.3) is 5.91 Å². The predicted molar refractivity (Wildman–Crippen MR) is 90.6 cm³/mol. The van der Waals surface area contributed by atoms with Crippen molar-refractivity contribution in [2.45, 2.75) is 25.7 Å². The number of aryl methyl sites for hydroxylation is 1. The summed E-state index contributed by atoms with van der Waals surface area (Å²) in [6.45, 7) is 0. The van der Waals surface area contributed by atoms with Gasteiger partial charge < -0.3 is 10.5 Å². The molecule has 0 saturated heterocycles. The van der Waals surface area contributed by atoms with Crippen LogP contribution in [-0.2, 0) is 12.8 Å². The molecule has 24 heavy (non-hydrogen) atoms. The SMILES string of the molecule is COc1ccc2nccc(-n3nc4c(c3C(N)=O)CCCC4)c2c1. The quantitative estimate of drug-likeness (QED) is 0.802. The first-order chi connectivity index (χ1) is 11.7. The molecule has 122 valence electrons. The van der Waals surface area contributed by atoms with Crippen LogP contribution in [0.2, 0.25) is 0 Å². The lowest BCUT2D eigenvalue weighted by atomic mass is 9.95. The molecule has 0 bridgehead atoms. The zero-order chi connectivity index (χ0) is 16.7. The second-order valence-electron chi connectivity index (χ2n) is 5.97. The minimum atomic E-state index is -0.446. The Morgan fingerprint density at radius 3 is 2.88 bits per heavy atom. The number of pyridine rings is 1. The fourth-order valence-electron chi connectivity index (χ4n) is 3.40. The maximum Gasteiger partial charge on any atom is 0.267 e. The van der Waals surface area contributed by atoms with E-state index in [-0.39, 0.29) is 0 Å². The van der Waals surface area contributed by atoms with Gasteiger partial charge in [0.15, 0.2) is 0 Å². The molecular weight excluding hydrogens is 304 g/mol. The number of primary amides is 1. The first-order valence-electron chi connectivity index (χ1n) is 8.02. The Hall–Kier alpha value is -2.89. The number of hydrogen-bond donors (Lipinski definition) is 1. The number of carbonyl (C=O) groups excluding carboxylic acids is 1. The van der Waals surface area contributed by atoms with Crippen LogP contribution in [0.4, 0.5) is 0 Å². The maximum absolute atomic E-state index is 12.1. The molecule has 0 saturated carbocycles. The van der Waals surface area contributed by atoms with Gasteiger partial charge in [0.2, 0.25) is 0 Å². The monoisotopic (exact) mass is 322 g/mol. The number of ether oxygens (including phenoxy) is 1. The molecule has 0 atom stereocenters. The second-order valence-corrected chi connectivity index (χ2v) is 5.97. The molecule has 0 aliphatic heterocycles. The Labute approximate surface area is 139 Å². The van der Waals surface area contributed by atoms with Gasteiger partial charge in [-0.3, -0.25) is 9.78 Å². The van der Waals surface area contributed by atoms with Gasteiger partial charge in [-0.1, -0.05) is 0 Å². The highest BCUT2D eigenvalue weighted by Gasteiger charge is 2.25. The molecule has 6 nitrogen and oxygen atoms in total. The Kier molecular flexibility index (Phi) is 3.45. The van der Waals surface area contributed by atoms with E-state index in [1.54, 1.807) is 18.0 Å². The molecule has 2 N–H and O–H groups in total. The standard InChI is InChI=1S/C18H18N4O2/c1-24-11-6-7-14-13(10-11)16(8-9-20-14)22-17(18(19)23)12-4-2-3-5-15(12)21-22/h6-10H,2-5H2,1H3,(H2,19,23). The molecule has 2 aromatic heterocycles. The number of rotatable bonds is 3. The van der Waals surface area contributed by atoms with E-state index in [1.165, 1.54) is 0 Å². The van der Waals surface area contributed by atoms with Crippen LogP contribution in [0.25, 0.3) is 16.6 Å². The molecule has 0 fully saturated rings. The van der Waals surface area contributed by atoms with E-state index in [2.05, 4.69) is 4.98 Å². The molecule has 3 aromatic rings. The summed E-state index contributed by atoms with van der Waals surface area (Å²) < 4.78 is 7.01. The minimum Gasteiger partial charge on any atom is -0.497 e. The number of carbonyl (C=O) groups is 1. The highest BCUT2D eigenvalue weighted by Crippen LogP contribution is 2.30. The highest BCUT2D eigenvalue weighted by atomic mass is 16.5. The van der Waals surface area contributed by atoms with Gasteiger partial charge in [0, 0.05) is 17.1 Å². The van der Waals surface area contributed by atoms with E-state index in [9.17, 15) is 4.79 Å².